The second-order valence-electron chi connectivity index (χ2n) is 4.38. The summed E-state index contributed by atoms with van der Waals surface area (Å²) in [6.45, 7) is 4.50. The van der Waals surface area contributed by atoms with Gasteiger partial charge in [0.25, 0.3) is 0 Å². The zero-order chi connectivity index (χ0) is 11.1. The van der Waals surface area contributed by atoms with Crippen molar-refractivity contribution in [1.82, 2.24) is 0 Å². The molecule has 0 radical (unpaired) electrons. The Bertz CT molecular complexity index is 550. The third-order valence-corrected chi connectivity index (χ3v) is 3.63. The summed E-state index contributed by atoms with van der Waals surface area (Å²) in [6.07, 6.45) is 2.28. The molecule has 0 spiro atoms. The van der Waals surface area contributed by atoms with Gasteiger partial charge in [-0.05, 0) is 46.2 Å². The van der Waals surface area contributed by atoms with Crippen molar-refractivity contribution in [1.29, 1.82) is 0 Å². The van der Waals surface area contributed by atoms with Crippen LogP contribution in [-0.4, -0.2) is 0 Å². The van der Waals surface area contributed by atoms with Crippen LogP contribution >= 0.6 is 0 Å². The van der Waals surface area contributed by atoms with E-state index in [-0.39, 0.29) is 0 Å². The Labute approximate surface area is 96.9 Å². The number of benzene rings is 2. The molecule has 0 saturated heterocycles. The molecule has 0 saturated carbocycles. The third-order valence-electron chi connectivity index (χ3n) is 3.63. The van der Waals surface area contributed by atoms with E-state index in [2.05, 4.69) is 50.2 Å². The van der Waals surface area contributed by atoms with E-state index in [9.17, 15) is 0 Å². The van der Waals surface area contributed by atoms with Crippen LogP contribution in [-0.2, 0) is 12.8 Å². The predicted molar refractivity (Wildman–Crippen MR) is 69.6 cm³/mol. The summed E-state index contributed by atoms with van der Waals surface area (Å²) in [4.78, 5) is 0. The van der Waals surface area contributed by atoms with Crippen LogP contribution in [0.5, 0.6) is 0 Å². The highest BCUT2D eigenvalue weighted by atomic mass is 14.3. The highest BCUT2D eigenvalue weighted by Crippen LogP contribution is 2.49. The Kier molecular flexibility index (Phi) is 2.10. The molecule has 1 aliphatic rings. The fourth-order valence-electron chi connectivity index (χ4n) is 2.83. The van der Waals surface area contributed by atoms with Crippen LogP contribution in [0.3, 0.4) is 0 Å². The van der Waals surface area contributed by atoms with Crippen LogP contribution in [0, 0.1) is 0 Å². The summed E-state index contributed by atoms with van der Waals surface area (Å²) in [5.74, 6) is 0. The molecule has 2 aromatic rings. The maximum Gasteiger partial charge on any atom is -0.00642 e. The number of hydrogen-bond acceptors (Lipinski definition) is 0. The SMILES string of the molecule is CCc1ccc2c(c1CC)-c1ccccc1-2. The normalized spacial score (nSPS) is 11.6. The van der Waals surface area contributed by atoms with Gasteiger partial charge in [0.15, 0.2) is 0 Å². The van der Waals surface area contributed by atoms with Crippen LogP contribution in [0.15, 0.2) is 36.4 Å². The van der Waals surface area contributed by atoms with Crippen molar-refractivity contribution in [3.8, 4) is 22.3 Å². The Hall–Kier alpha value is -1.56. The Morgan fingerprint density at radius 1 is 0.750 bits per heavy atom. The number of aryl methyl sites for hydroxylation is 1. The lowest BCUT2D eigenvalue weighted by Gasteiger charge is -2.28. The minimum absolute atomic E-state index is 1.14. The monoisotopic (exact) mass is 208 g/mol. The molecule has 2 aromatic carbocycles. The lowest BCUT2D eigenvalue weighted by atomic mass is 9.76. The molecule has 0 atom stereocenters. The molecule has 0 aromatic heterocycles. The lowest BCUT2D eigenvalue weighted by Crippen LogP contribution is -2.05. The van der Waals surface area contributed by atoms with Gasteiger partial charge >= 0.3 is 0 Å². The van der Waals surface area contributed by atoms with Crippen LogP contribution in [0.1, 0.15) is 25.0 Å². The van der Waals surface area contributed by atoms with Crippen molar-refractivity contribution < 1.29 is 0 Å². The second kappa shape index (κ2) is 3.48. The van der Waals surface area contributed by atoms with Crippen LogP contribution < -0.4 is 0 Å². The van der Waals surface area contributed by atoms with Gasteiger partial charge in [0, 0.05) is 0 Å². The van der Waals surface area contributed by atoms with Gasteiger partial charge < -0.3 is 0 Å². The predicted octanol–water partition coefficient (Wildman–Crippen LogP) is 4.46. The molecule has 0 bridgehead atoms. The van der Waals surface area contributed by atoms with Crippen molar-refractivity contribution in [2.24, 2.45) is 0 Å². The summed E-state index contributed by atoms with van der Waals surface area (Å²) < 4.78 is 0. The zero-order valence-corrected chi connectivity index (χ0v) is 9.88. The number of fused-ring (bicyclic) bond motifs is 4. The van der Waals surface area contributed by atoms with Gasteiger partial charge in [0.1, 0.15) is 0 Å². The molecule has 80 valence electrons. The second-order valence-corrected chi connectivity index (χ2v) is 4.38. The molecular weight excluding hydrogens is 192 g/mol. The van der Waals surface area contributed by atoms with E-state index in [0.717, 1.165) is 12.8 Å². The van der Waals surface area contributed by atoms with E-state index in [1.165, 1.54) is 27.8 Å². The third kappa shape index (κ3) is 1.10. The van der Waals surface area contributed by atoms with Crippen molar-refractivity contribution in [3.05, 3.63) is 47.5 Å². The minimum Gasteiger partial charge on any atom is -0.0616 e. The Morgan fingerprint density at radius 2 is 1.50 bits per heavy atom. The average Bonchev–Trinajstić information content (AvgIpc) is 2.34. The largest absolute Gasteiger partial charge is 0.0616 e. The molecule has 0 aliphatic heterocycles. The molecule has 0 N–H and O–H groups in total. The summed E-state index contributed by atoms with van der Waals surface area (Å²) in [7, 11) is 0. The van der Waals surface area contributed by atoms with Gasteiger partial charge in [-0.25, -0.2) is 0 Å². The van der Waals surface area contributed by atoms with E-state index in [0.29, 0.717) is 0 Å². The van der Waals surface area contributed by atoms with Gasteiger partial charge in [-0.2, -0.15) is 0 Å². The fourth-order valence-corrected chi connectivity index (χ4v) is 2.83. The summed E-state index contributed by atoms with van der Waals surface area (Å²) in [5.41, 5.74) is 8.90. The first-order chi connectivity index (χ1) is 7.86. The van der Waals surface area contributed by atoms with E-state index in [1.807, 2.05) is 0 Å². The Morgan fingerprint density at radius 3 is 2.19 bits per heavy atom. The van der Waals surface area contributed by atoms with Gasteiger partial charge in [-0.15, -0.1) is 0 Å². The molecular formula is C16H16. The lowest BCUT2D eigenvalue weighted by molar-refractivity contribution is 1.04. The summed E-state index contributed by atoms with van der Waals surface area (Å²) in [5, 5.41) is 0. The molecule has 0 heterocycles. The zero-order valence-electron chi connectivity index (χ0n) is 9.88. The molecule has 0 nitrogen and oxygen atoms in total. The number of rotatable bonds is 2. The van der Waals surface area contributed by atoms with Crippen molar-refractivity contribution in [3.63, 3.8) is 0 Å². The van der Waals surface area contributed by atoms with Crippen molar-refractivity contribution >= 4 is 0 Å². The van der Waals surface area contributed by atoms with Gasteiger partial charge in [-0.1, -0.05) is 50.2 Å². The minimum atomic E-state index is 1.14. The first-order valence-corrected chi connectivity index (χ1v) is 6.11. The van der Waals surface area contributed by atoms with Crippen LogP contribution in [0.2, 0.25) is 0 Å². The van der Waals surface area contributed by atoms with Crippen LogP contribution in [0.4, 0.5) is 0 Å². The molecule has 0 heteroatoms. The van der Waals surface area contributed by atoms with E-state index >= 15 is 0 Å². The Balaban J connectivity index is 2.25. The highest BCUT2D eigenvalue weighted by Gasteiger charge is 2.24. The van der Waals surface area contributed by atoms with Crippen molar-refractivity contribution in [2.75, 3.05) is 0 Å². The van der Waals surface area contributed by atoms with Crippen molar-refractivity contribution in [2.45, 2.75) is 26.7 Å². The fraction of sp³-hybridized carbons (Fsp3) is 0.250. The maximum absolute atomic E-state index is 2.30. The van der Waals surface area contributed by atoms with Gasteiger partial charge in [0.2, 0.25) is 0 Å². The van der Waals surface area contributed by atoms with E-state index < -0.39 is 0 Å². The average molecular weight is 208 g/mol. The molecule has 16 heavy (non-hydrogen) atoms. The first-order valence-electron chi connectivity index (χ1n) is 6.11. The van der Waals surface area contributed by atoms with E-state index in [1.54, 1.807) is 5.56 Å². The molecule has 0 fully saturated rings. The summed E-state index contributed by atoms with van der Waals surface area (Å²) >= 11 is 0. The molecule has 0 unspecified atom stereocenters. The van der Waals surface area contributed by atoms with E-state index in [4.69, 9.17) is 0 Å². The highest BCUT2D eigenvalue weighted by molar-refractivity contribution is 6.04. The molecule has 1 aliphatic carbocycles. The quantitative estimate of drug-likeness (QED) is 0.583. The standard InChI is InChI=1S/C16H16/c1-3-11-9-10-15-13-7-5-6-8-14(13)16(15)12(11)4-2/h5-10H,3-4H2,1-2H3. The number of hydrogen-bond donors (Lipinski definition) is 0. The smallest absolute Gasteiger partial charge is 0.00642 e. The van der Waals surface area contributed by atoms with Crippen LogP contribution in [0.25, 0.3) is 22.3 Å². The first kappa shape index (κ1) is 9.65. The molecule has 0 amide bonds. The maximum atomic E-state index is 2.30. The topological polar surface area (TPSA) is 0 Å². The van der Waals surface area contributed by atoms with Gasteiger partial charge in [0.05, 0.1) is 0 Å². The molecule has 3 rings (SSSR count). The van der Waals surface area contributed by atoms with Gasteiger partial charge in [-0.3, -0.25) is 0 Å². The summed E-state index contributed by atoms with van der Waals surface area (Å²) in [6, 6.07) is 13.3.